The Hall–Kier alpha value is -3.19. The minimum absolute atomic E-state index is 0.367. The predicted octanol–water partition coefficient (Wildman–Crippen LogP) is 3.06. The summed E-state index contributed by atoms with van der Waals surface area (Å²) < 4.78 is 0. The minimum Gasteiger partial charge on any atom is -0.403 e. The van der Waals surface area contributed by atoms with Crippen molar-refractivity contribution >= 4 is 17.4 Å². The molecule has 0 heterocycles. The summed E-state index contributed by atoms with van der Waals surface area (Å²) in [6.45, 7) is 1.96. The average Bonchev–Trinajstić information content (AvgIpc) is 2.54. The maximum Gasteiger partial charge on any atom is 0.323 e. The number of hydrogen-bond donors (Lipinski definition) is 3. The van der Waals surface area contributed by atoms with Gasteiger partial charge in [-0.1, -0.05) is 30.2 Å². The second-order valence-electron chi connectivity index (χ2n) is 4.70. The number of nitrogens with two attached hydrogens (primary N) is 1. The molecule has 0 saturated carbocycles. The van der Waals surface area contributed by atoms with Gasteiger partial charge < -0.3 is 16.4 Å². The molecule has 2 rings (SSSR count). The second-order valence-corrected chi connectivity index (χ2v) is 4.70. The molecule has 0 aliphatic carbocycles. The van der Waals surface area contributed by atoms with Crippen LogP contribution in [0.3, 0.4) is 0 Å². The van der Waals surface area contributed by atoms with Gasteiger partial charge in [-0.3, -0.25) is 0 Å². The van der Waals surface area contributed by atoms with E-state index in [-0.39, 0.29) is 6.03 Å². The number of carbonyl (C=O) groups excluding carboxylic acids is 1. The molecule has 0 saturated heterocycles. The highest BCUT2D eigenvalue weighted by Crippen LogP contribution is 2.16. The van der Waals surface area contributed by atoms with Gasteiger partial charge in [-0.25, -0.2) is 4.79 Å². The predicted molar refractivity (Wildman–Crippen MR) is 89.9 cm³/mol. The number of anilines is 1. The standard InChI is InChI=1S/C18H17N3O/c1-3-14-8-10-15(11-9-14)20-18(22)21-17(12-19)16-7-5-4-6-13(16)2/h1,4-12H,19H2,2H3,(H2,20,21,22)/b17-12+. The fraction of sp³-hybridized carbons (Fsp3) is 0.0556. The largest absolute Gasteiger partial charge is 0.403 e. The molecule has 2 aromatic carbocycles. The molecule has 110 valence electrons. The van der Waals surface area contributed by atoms with Gasteiger partial charge in [0.25, 0.3) is 0 Å². The van der Waals surface area contributed by atoms with Crippen molar-refractivity contribution in [3.63, 3.8) is 0 Å². The van der Waals surface area contributed by atoms with Gasteiger partial charge in [-0.15, -0.1) is 6.42 Å². The Labute approximate surface area is 130 Å². The summed E-state index contributed by atoms with van der Waals surface area (Å²) >= 11 is 0. The first kappa shape index (κ1) is 15.2. The van der Waals surface area contributed by atoms with Gasteiger partial charge >= 0.3 is 6.03 Å². The summed E-state index contributed by atoms with van der Waals surface area (Å²) in [6, 6.07) is 14.3. The summed E-state index contributed by atoms with van der Waals surface area (Å²) in [5, 5.41) is 5.48. The summed E-state index contributed by atoms with van der Waals surface area (Å²) in [5.74, 6) is 2.52. The summed E-state index contributed by atoms with van der Waals surface area (Å²) in [7, 11) is 0. The van der Waals surface area contributed by atoms with Crippen LogP contribution in [0.1, 0.15) is 16.7 Å². The highest BCUT2D eigenvalue weighted by Gasteiger charge is 2.08. The van der Waals surface area contributed by atoms with E-state index in [0.717, 1.165) is 16.7 Å². The molecule has 4 heteroatoms. The number of urea groups is 1. The lowest BCUT2D eigenvalue weighted by Gasteiger charge is -2.13. The smallest absolute Gasteiger partial charge is 0.323 e. The lowest BCUT2D eigenvalue weighted by molar-refractivity contribution is 0.255. The van der Waals surface area contributed by atoms with Crippen molar-refractivity contribution in [3.05, 3.63) is 71.4 Å². The van der Waals surface area contributed by atoms with Crippen molar-refractivity contribution in [3.8, 4) is 12.3 Å². The first-order chi connectivity index (χ1) is 10.6. The van der Waals surface area contributed by atoms with Gasteiger partial charge in [0.15, 0.2) is 0 Å². The monoisotopic (exact) mass is 291 g/mol. The number of rotatable bonds is 3. The van der Waals surface area contributed by atoms with Crippen molar-refractivity contribution in [1.29, 1.82) is 0 Å². The molecule has 4 nitrogen and oxygen atoms in total. The Morgan fingerprint density at radius 1 is 1.18 bits per heavy atom. The quantitative estimate of drug-likeness (QED) is 0.761. The van der Waals surface area contributed by atoms with Crippen molar-refractivity contribution in [2.75, 3.05) is 5.32 Å². The fourth-order valence-corrected chi connectivity index (χ4v) is 2.01. The van der Waals surface area contributed by atoms with Gasteiger partial charge in [0.1, 0.15) is 0 Å². The fourth-order valence-electron chi connectivity index (χ4n) is 2.01. The van der Waals surface area contributed by atoms with Crippen molar-refractivity contribution in [2.45, 2.75) is 6.92 Å². The highest BCUT2D eigenvalue weighted by atomic mass is 16.2. The van der Waals surface area contributed by atoms with Crippen LogP contribution >= 0.6 is 0 Å². The van der Waals surface area contributed by atoms with E-state index in [0.29, 0.717) is 11.4 Å². The number of amides is 2. The van der Waals surface area contributed by atoms with Gasteiger partial charge in [0.2, 0.25) is 0 Å². The number of benzene rings is 2. The molecule has 2 amide bonds. The first-order valence-corrected chi connectivity index (χ1v) is 6.76. The zero-order chi connectivity index (χ0) is 15.9. The minimum atomic E-state index is -0.367. The number of hydrogen-bond acceptors (Lipinski definition) is 2. The Balaban J connectivity index is 2.07. The van der Waals surface area contributed by atoms with Crippen LogP contribution in [0.5, 0.6) is 0 Å². The van der Waals surface area contributed by atoms with Crippen molar-refractivity contribution in [2.24, 2.45) is 5.73 Å². The molecular formula is C18H17N3O. The topological polar surface area (TPSA) is 67.2 Å². The lowest BCUT2D eigenvalue weighted by Crippen LogP contribution is -2.28. The normalized spacial score (nSPS) is 10.6. The van der Waals surface area contributed by atoms with Gasteiger partial charge in [0, 0.05) is 23.0 Å². The Kier molecular flexibility index (Phi) is 4.84. The SMILES string of the molecule is C#Cc1ccc(NC(=O)N/C(=C/N)c2ccccc2C)cc1. The molecule has 4 N–H and O–H groups in total. The van der Waals surface area contributed by atoms with Crippen LogP contribution in [-0.2, 0) is 0 Å². The van der Waals surface area contributed by atoms with Crippen LogP contribution in [0.4, 0.5) is 10.5 Å². The number of terminal acetylenes is 1. The maximum atomic E-state index is 12.1. The van der Waals surface area contributed by atoms with E-state index in [9.17, 15) is 4.79 Å². The third-order valence-corrected chi connectivity index (χ3v) is 3.16. The van der Waals surface area contributed by atoms with Crippen molar-refractivity contribution < 1.29 is 4.79 Å². The van der Waals surface area contributed by atoms with Crippen LogP contribution in [-0.4, -0.2) is 6.03 Å². The second kappa shape index (κ2) is 7.00. The van der Waals surface area contributed by atoms with E-state index in [1.807, 2.05) is 31.2 Å². The number of carbonyl (C=O) groups is 1. The summed E-state index contributed by atoms with van der Waals surface area (Å²) in [5.41, 5.74) is 9.49. The summed E-state index contributed by atoms with van der Waals surface area (Å²) in [4.78, 5) is 12.1. The first-order valence-electron chi connectivity index (χ1n) is 6.76. The molecule has 0 aliphatic rings. The molecule has 0 unspecified atom stereocenters. The third-order valence-electron chi connectivity index (χ3n) is 3.16. The summed E-state index contributed by atoms with van der Waals surface area (Å²) in [6.07, 6.45) is 6.67. The number of nitrogens with one attached hydrogen (secondary N) is 2. The van der Waals surface area contributed by atoms with E-state index in [4.69, 9.17) is 12.2 Å². The molecule has 2 aromatic rings. The molecule has 0 bridgehead atoms. The van der Waals surface area contributed by atoms with Crippen molar-refractivity contribution in [1.82, 2.24) is 5.32 Å². The van der Waals surface area contributed by atoms with Crippen LogP contribution < -0.4 is 16.4 Å². The van der Waals surface area contributed by atoms with E-state index in [1.165, 1.54) is 6.20 Å². The molecule has 0 atom stereocenters. The van der Waals surface area contributed by atoms with Gasteiger partial charge in [0.05, 0.1) is 5.70 Å². The number of aryl methyl sites for hydroxylation is 1. The molecule has 0 spiro atoms. The zero-order valence-electron chi connectivity index (χ0n) is 12.3. The van der Waals surface area contributed by atoms with E-state index in [2.05, 4.69) is 16.6 Å². The molecule has 0 aromatic heterocycles. The third kappa shape index (κ3) is 3.68. The van der Waals surface area contributed by atoms with Gasteiger partial charge in [-0.2, -0.15) is 0 Å². The van der Waals surface area contributed by atoms with Crippen LogP contribution in [0, 0.1) is 19.3 Å². The van der Waals surface area contributed by atoms with E-state index >= 15 is 0 Å². The molecule has 22 heavy (non-hydrogen) atoms. The van der Waals surface area contributed by atoms with Crippen LogP contribution in [0.15, 0.2) is 54.7 Å². The molecule has 0 aliphatic heterocycles. The molecule has 0 fully saturated rings. The average molecular weight is 291 g/mol. The van der Waals surface area contributed by atoms with Gasteiger partial charge in [-0.05, 0) is 36.8 Å². The Bertz CT molecular complexity index is 740. The molecular weight excluding hydrogens is 274 g/mol. The van der Waals surface area contributed by atoms with E-state index < -0.39 is 0 Å². The maximum absolute atomic E-state index is 12.1. The molecule has 0 radical (unpaired) electrons. The Morgan fingerprint density at radius 2 is 1.86 bits per heavy atom. The van der Waals surface area contributed by atoms with Crippen LogP contribution in [0.2, 0.25) is 0 Å². The Morgan fingerprint density at radius 3 is 2.45 bits per heavy atom. The van der Waals surface area contributed by atoms with Crippen LogP contribution in [0.25, 0.3) is 5.70 Å². The zero-order valence-corrected chi connectivity index (χ0v) is 12.3. The van der Waals surface area contributed by atoms with E-state index in [1.54, 1.807) is 24.3 Å². The lowest BCUT2D eigenvalue weighted by atomic mass is 10.1. The highest BCUT2D eigenvalue weighted by molar-refractivity contribution is 5.95.